The molecule has 0 unspecified atom stereocenters. The van der Waals surface area contributed by atoms with Gasteiger partial charge in [0, 0.05) is 6.42 Å². The van der Waals surface area contributed by atoms with Crippen molar-refractivity contribution < 1.29 is 19.2 Å². The number of rotatable bonds is 14. The van der Waals surface area contributed by atoms with Crippen molar-refractivity contribution in [2.75, 3.05) is 18.6 Å². The van der Waals surface area contributed by atoms with Crippen LogP contribution in [0.4, 0.5) is 0 Å². The van der Waals surface area contributed by atoms with Crippen LogP contribution < -0.4 is 21.7 Å². The van der Waals surface area contributed by atoms with Crippen molar-refractivity contribution in [2.24, 2.45) is 11.7 Å². The van der Waals surface area contributed by atoms with E-state index in [1.54, 1.807) is 6.29 Å². The Labute approximate surface area is 188 Å². The van der Waals surface area contributed by atoms with E-state index in [9.17, 15) is 19.2 Å². The summed E-state index contributed by atoms with van der Waals surface area (Å²) >= 11 is 1.53. The molecule has 0 bridgehead atoms. The van der Waals surface area contributed by atoms with Gasteiger partial charge in [-0.15, -0.1) is 0 Å². The summed E-state index contributed by atoms with van der Waals surface area (Å²) in [5.41, 5.74) is 6.84. The second kappa shape index (κ2) is 14.6. The van der Waals surface area contributed by atoms with Crippen molar-refractivity contribution in [3.05, 3.63) is 35.9 Å². The van der Waals surface area contributed by atoms with Crippen LogP contribution in [0.1, 0.15) is 32.3 Å². The van der Waals surface area contributed by atoms with Gasteiger partial charge in [0.25, 0.3) is 0 Å². The molecule has 8 nitrogen and oxygen atoms in total. The van der Waals surface area contributed by atoms with Crippen LogP contribution in [0.25, 0.3) is 0 Å². The number of carbonyl (C=O) groups excluding carboxylic acids is 4. The number of thioether (sulfide) groups is 1. The first-order valence-electron chi connectivity index (χ1n) is 10.3. The van der Waals surface area contributed by atoms with Gasteiger partial charge in [0.05, 0.1) is 12.6 Å². The van der Waals surface area contributed by atoms with Crippen LogP contribution in [0.2, 0.25) is 0 Å². The van der Waals surface area contributed by atoms with E-state index in [4.69, 9.17) is 5.73 Å². The molecule has 31 heavy (non-hydrogen) atoms. The van der Waals surface area contributed by atoms with E-state index in [1.807, 2.05) is 50.4 Å². The third kappa shape index (κ3) is 10.5. The highest BCUT2D eigenvalue weighted by Crippen LogP contribution is 2.08. The highest BCUT2D eigenvalue weighted by atomic mass is 32.2. The molecule has 3 atom stereocenters. The Balaban J connectivity index is 2.96. The first kappa shape index (κ1) is 26.6. The minimum atomic E-state index is -0.893. The summed E-state index contributed by atoms with van der Waals surface area (Å²) in [5.74, 6) is -0.489. The van der Waals surface area contributed by atoms with Crippen molar-refractivity contribution in [1.29, 1.82) is 0 Å². The molecule has 5 N–H and O–H groups in total. The van der Waals surface area contributed by atoms with Crippen molar-refractivity contribution >= 4 is 35.8 Å². The molecule has 9 heteroatoms. The summed E-state index contributed by atoms with van der Waals surface area (Å²) in [6.07, 6.45) is 4.63. The number of benzene rings is 1. The maximum atomic E-state index is 13.0. The minimum absolute atomic E-state index is 0.233. The summed E-state index contributed by atoms with van der Waals surface area (Å²) in [6.45, 7) is 3.68. The molecule has 1 aromatic rings. The van der Waals surface area contributed by atoms with E-state index >= 15 is 0 Å². The van der Waals surface area contributed by atoms with Crippen LogP contribution in [-0.2, 0) is 25.6 Å². The quantitative estimate of drug-likeness (QED) is 0.328. The van der Waals surface area contributed by atoms with E-state index in [1.165, 1.54) is 11.8 Å². The van der Waals surface area contributed by atoms with Gasteiger partial charge in [-0.3, -0.25) is 19.2 Å². The van der Waals surface area contributed by atoms with Gasteiger partial charge in [-0.2, -0.15) is 11.8 Å². The lowest BCUT2D eigenvalue weighted by atomic mass is 10.0. The molecule has 0 aliphatic heterocycles. The Kier molecular flexibility index (Phi) is 12.5. The number of hydrogen-bond acceptors (Lipinski definition) is 6. The third-order valence-corrected chi connectivity index (χ3v) is 5.20. The molecule has 0 aromatic heterocycles. The molecule has 0 spiro atoms. The summed E-state index contributed by atoms with van der Waals surface area (Å²) in [4.78, 5) is 48.4. The van der Waals surface area contributed by atoms with Crippen LogP contribution in [0.15, 0.2) is 30.3 Å². The second-order valence-corrected chi connectivity index (χ2v) is 8.68. The van der Waals surface area contributed by atoms with Crippen LogP contribution in [0.5, 0.6) is 0 Å². The summed E-state index contributed by atoms with van der Waals surface area (Å²) in [6, 6.07) is 6.83. The van der Waals surface area contributed by atoms with Gasteiger partial charge in [-0.25, -0.2) is 0 Å². The summed E-state index contributed by atoms with van der Waals surface area (Å²) in [5, 5.41) is 7.88. The SMILES string of the molecule is CSCC[C@H](NC(=O)[C@H](Cc1ccccc1)NC(=O)[C@@H](N)CC(C)C)C(=O)NC[C]=O. The molecule has 1 radical (unpaired) electrons. The van der Waals surface area contributed by atoms with Gasteiger partial charge in [-0.1, -0.05) is 44.2 Å². The Hall–Kier alpha value is -2.39. The standard InChI is InChI=1S/C22H33N4O4S/c1-15(2)13-17(23)20(28)26-19(14-16-7-5-4-6-8-16)22(30)25-18(9-12-31-3)21(29)24-10-11-27/h4-8,15,17-19H,9-10,12-14,23H2,1-3H3,(H,24,29)(H,25,30)(H,26,28)/t17-,18-,19-/m0/s1. The Bertz CT molecular complexity index is 715. The first-order chi connectivity index (χ1) is 14.8. The molecular formula is C22H33N4O4S. The number of amides is 3. The van der Waals surface area contributed by atoms with E-state index in [0.717, 1.165) is 5.56 Å². The molecule has 0 saturated heterocycles. The fraction of sp³-hybridized carbons (Fsp3) is 0.545. The van der Waals surface area contributed by atoms with Gasteiger partial charge in [-0.05, 0) is 36.3 Å². The van der Waals surface area contributed by atoms with Crippen LogP contribution in [-0.4, -0.2) is 60.7 Å². The lowest BCUT2D eigenvalue weighted by Gasteiger charge is -2.24. The van der Waals surface area contributed by atoms with Gasteiger partial charge < -0.3 is 21.7 Å². The monoisotopic (exact) mass is 449 g/mol. The van der Waals surface area contributed by atoms with Gasteiger partial charge in [0.2, 0.25) is 24.0 Å². The fourth-order valence-electron chi connectivity index (χ4n) is 2.98. The van der Waals surface area contributed by atoms with Crippen molar-refractivity contribution in [3.63, 3.8) is 0 Å². The van der Waals surface area contributed by atoms with Crippen LogP contribution >= 0.6 is 11.8 Å². The van der Waals surface area contributed by atoms with Crippen LogP contribution in [0, 0.1) is 5.92 Å². The second-order valence-electron chi connectivity index (χ2n) is 7.69. The number of hydrogen-bond donors (Lipinski definition) is 4. The minimum Gasteiger partial charge on any atom is -0.347 e. The number of nitrogens with two attached hydrogens (primary N) is 1. The Morgan fingerprint density at radius 3 is 2.26 bits per heavy atom. The zero-order chi connectivity index (χ0) is 23.2. The molecule has 171 valence electrons. The molecule has 0 aliphatic rings. The fourth-order valence-corrected chi connectivity index (χ4v) is 3.45. The zero-order valence-corrected chi connectivity index (χ0v) is 19.2. The van der Waals surface area contributed by atoms with Crippen LogP contribution in [0.3, 0.4) is 0 Å². The normalized spacial score (nSPS) is 13.7. The predicted octanol–water partition coefficient (Wildman–Crippen LogP) is 0.551. The molecule has 1 rings (SSSR count). The predicted molar refractivity (Wildman–Crippen MR) is 123 cm³/mol. The Morgan fingerprint density at radius 2 is 1.68 bits per heavy atom. The largest absolute Gasteiger partial charge is 0.347 e. The Morgan fingerprint density at radius 1 is 1.03 bits per heavy atom. The third-order valence-electron chi connectivity index (χ3n) is 4.56. The maximum Gasteiger partial charge on any atom is 0.243 e. The van der Waals surface area contributed by atoms with E-state index < -0.39 is 35.8 Å². The number of carbonyl (C=O) groups is 3. The number of nitrogens with one attached hydrogen (secondary N) is 3. The molecule has 0 fully saturated rings. The lowest BCUT2D eigenvalue weighted by Crippen LogP contribution is -2.56. The molecular weight excluding hydrogens is 416 g/mol. The molecule has 0 aliphatic carbocycles. The van der Waals surface area contributed by atoms with Crippen molar-refractivity contribution in [1.82, 2.24) is 16.0 Å². The van der Waals surface area contributed by atoms with Gasteiger partial charge in [0.1, 0.15) is 12.1 Å². The van der Waals surface area contributed by atoms with E-state index in [-0.39, 0.29) is 18.9 Å². The average molecular weight is 450 g/mol. The molecule has 0 heterocycles. The van der Waals surface area contributed by atoms with Gasteiger partial charge in [0.15, 0.2) is 0 Å². The summed E-state index contributed by atoms with van der Waals surface area (Å²) in [7, 11) is 0. The molecule has 1 aromatic carbocycles. The van der Waals surface area contributed by atoms with E-state index in [2.05, 4.69) is 16.0 Å². The van der Waals surface area contributed by atoms with Gasteiger partial charge >= 0.3 is 0 Å². The van der Waals surface area contributed by atoms with E-state index in [0.29, 0.717) is 18.6 Å². The lowest BCUT2D eigenvalue weighted by molar-refractivity contribution is -0.132. The first-order valence-corrected chi connectivity index (χ1v) is 11.7. The topological polar surface area (TPSA) is 130 Å². The van der Waals surface area contributed by atoms with Crippen molar-refractivity contribution in [3.8, 4) is 0 Å². The highest BCUT2D eigenvalue weighted by molar-refractivity contribution is 7.98. The summed E-state index contributed by atoms with van der Waals surface area (Å²) < 4.78 is 0. The highest BCUT2D eigenvalue weighted by Gasteiger charge is 2.28. The molecule has 3 amide bonds. The molecule has 0 saturated carbocycles. The smallest absolute Gasteiger partial charge is 0.243 e. The van der Waals surface area contributed by atoms with Crippen molar-refractivity contribution in [2.45, 2.75) is 51.2 Å². The maximum absolute atomic E-state index is 13.0. The average Bonchev–Trinajstić information content (AvgIpc) is 2.74. The zero-order valence-electron chi connectivity index (χ0n) is 18.4.